The summed E-state index contributed by atoms with van der Waals surface area (Å²) in [7, 11) is 0. The molecule has 0 N–H and O–H groups in total. The summed E-state index contributed by atoms with van der Waals surface area (Å²) in [6, 6.07) is 81.7. The Morgan fingerprint density at radius 2 is 0.500 bits per heavy atom. The van der Waals surface area contributed by atoms with Crippen LogP contribution >= 0.6 is 0 Å². The van der Waals surface area contributed by atoms with Crippen LogP contribution in [0.5, 0.6) is 69.0 Å². The minimum atomic E-state index is -0.787. The first-order valence-corrected chi connectivity index (χ1v) is 33.3. The van der Waals surface area contributed by atoms with Crippen molar-refractivity contribution in [2.24, 2.45) is 0 Å². The van der Waals surface area contributed by atoms with Crippen molar-refractivity contribution in [2.45, 2.75) is 38.3 Å². The van der Waals surface area contributed by atoms with Crippen molar-refractivity contribution < 1.29 is 85.5 Å². The van der Waals surface area contributed by atoms with Crippen molar-refractivity contribution in [3.63, 3.8) is 0 Å². The van der Waals surface area contributed by atoms with Crippen molar-refractivity contribution in [3.05, 3.63) is 317 Å². The molecule has 0 aromatic heterocycles. The summed E-state index contributed by atoms with van der Waals surface area (Å²) in [6.07, 6.45) is -0.611. The predicted molar refractivity (Wildman–Crippen MR) is 396 cm³/mol. The Bertz CT molecular complexity index is 4060. The smallest absolute Gasteiger partial charge is 0.333 e. The average molecular weight is 1400 g/mol. The van der Waals surface area contributed by atoms with Crippen molar-refractivity contribution in [1.29, 1.82) is 0 Å². The number of esters is 4. The molecule has 0 aliphatic carbocycles. The zero-order valence-electron chi connectivity index (χ0n) is 57.7. The highest BCUT2D eigenvalue weighted by atomic mass is 16.6. The second kappa shape index (κ2) is 40.3. The average Bonchev–Trinajstić information content (AvgIpc) is 0.805. The molecule has 0 aliphatic heterocycles. The molecule has 0 bridgehead atoms. The van der Waals surface area contributed by atoms with Crippen LogP contribution in [0.4, 0.5) is 0 Å². The highest BCUT2D eigenvalue weighted by Gasteiger charge is 2.23. The first-order chi connectivity index (χ1) is 50.7. The van der Waals surface area contributed by atoms with E-state index in [0.717, 1.165) is 45.9 Å². The van der Waals surface area contributed by atoms with Crippen LogP contribution in [0.3, 0.4) is 0 Å². The molecule has 10 aromatic carbocycles. The van der Waals surface area contributed by atoms with E-state index in [9.17, 15) is 19.2 Å². The van der Waals surface area contributed by atoms with Gasteiger partial charge in [-0.05, 0) is 158 Å². The molecule has 18 nitrogen and oxygen atoms in total. The van der Waals surface area contributed by atoms with Gasteiger partial charge < -0.3 is 66.3 Å². The third kappa shape index (κ3) is 25.3. The third-order valence-electron chi connectivity index (χ3n) is 14.8. The number of carbonyl (C=O) groups excluding carboxylic acids is 4. The number of hydrogen-bond donors (Lipinski definition) is 0. The van der Waals surface area contributed by atoms with E-state index in [-0.39, 0.29) is 64.0 Å². The van der Waals surface area contributed by atoms with E-state index in [2.05, 4.69) is 26.3 Å². The van der Waals surface area contributed by atoms with Crippen LogP contribution in [0.25, 0.3) is 22.3 Å². The SMILES string of the molecule is C=C(C)C(=O)OC(COc1ccc(Oc2ccccc2)cc1)COc1ccccc1-c1ccccc1OCC(COc1ccc(Oc2ccccc2)cc1)OC(=O)C(=C)C.C=CC(=O)OC(COc1ccccc1)COc1ccc(-c2ccc(OCC(COc3ccccc3)OC(=O)C=C)cc2)cc1. The fraction of sp³-hybridized carbons (Fsp3) is 0.163. The van der Waals surface area contributed by atoms with Crippen molar-refractivity contribution >= 4 is 23.9 Å². The Balaban J connectivity index is 0.000000253. The molecule has 0 aliphatic rings. The Kier molecular flexibility index (Phi) is 29.2. The topological polar surface area (TPSA) is 197 Å². The van der Waals surface area contributed by atoms with Gasteiger partial charge in [0, 0.05) is 34.4 Å². The Morgan fingerprint density at radius 3 is 0.788 bits per heavy atom. The van der Waals surface area contributed by atoms with Gasteiger partial charge in [0.25, 0.3) is 0 Å². The molecule has 0 spiro atoms. The van der Waals surface area contributed by atoms with Gasteiger partial charge in [0.05, 0.1) is 0 Å². The van der Waals surface area contributed by atoms with Crippen molar-refractivity contribution in [2.75, 3.05) is 52.9 Å². The van der Waals surface area contributed by atoms with Crippen LogP contribution in [0, 0.1) is 0 Å². The maximum absolute atomic E-state index is 12.6. The summed E-state index contributed by atoms with van der Waals surface area (Å²) in [5, 5.41) is 0. The number of para-hydroxylation sites is 6. The van der Waals surface area contributed by atoms with Gasteiger partial charge in [-0.3, -0.25) is 0 Å². The first-order valence-electron chi connectivity index (χ1n) is 33.3. The molecule has 0 amide bonds. The van der Waals surface area contributed by atoms with Gasteiger partial charge in [-0.2, -0.15) is 0 Å². The van der Waals surface area contributed by atoms with Crippen LogP contribution in [0.1, 0.15) is 13.8 Å². The second-order valence-electron chi connectivity index (χ2n) is 23.1. The molecule has 10 aromatic rings. The lowest BCUT2D eigenvalue weighted by Gasteiger charge is -2.22. The third-order valence-corrected chi connectivity index (χ3v) is 14.8. The van der Waals surface area contributed by atoms with Gasteiger partial charge in [-0.25, -0.2) is 19.2 Å². The number of rotatable bonds is 38. The highest BCUT2D eigenvalue weighted by Crippen LogP contribution is 2.37. The lowest BCUT2D eigenvalue weighted by molar-refractivity contribution is -0.148. The van der Waals surface area contributed by atoms with E-state index in [4.69, 9.17) is 66.3 Å². The molecule has 0 saturated heterocycles. The maximum atomic E-state index is 12.6. The van der Waals surface area contributed by atoms with Gasteiger partial charge in [0.1, 0.15) is 122 Å². The van der Waals surface area contributed by atoms with E-state index in [1.807, 2.05) is 218 Å². The van der Waals surface area contributed by atoms with Crippen LogP contribution in [0.2, 0.25) is 0 Å². The quantitative estimate of drug-likeness (QED) is 0.0201. The minimum absolute atomic E-state index is 0.0117. The second-order valence-corrected chi connectivity index (χ2v) is 23.1. The van der Waals surface area contributed by atoms with Crippen molar-refractivity contribution in [1.82, 2.24) is 0 Å². The fourth-order valence-electron chi connectivity index (χ4n) is 9.50. The molecule has 0 radical (unpaired) electrons. The summed E-state index contributed by atoms with van der Waals surface area (Å²) < 4.78 is 81.9. The maximum Gasteiger partial charge on any atom is 0.333 e. The molecule has 0 saturated carbocycles. The summed E-state index contributed by atoms with van der Waals surface area (Å²) >= 11 is 0. The highest BCUT2D eigenvalue weighted by molar-refractivity contribution is 5.87. The Morgan fingerprint density at radius 1 is 0.279 bits per heavy atom. The van der Waals surface area contributed by atoms with Gasteiger partial charge >= 0.3 is 23.9 Å². The zero-order chi connectivity index (χ0) is 73.1. The van der Waals surface area contributed by atoms with Gasteiger partial charge in [-0.1, -0.05) is 160 Å². The number of benzene rings is 10. The lowest BCUT2D eigenvalue weighted by Crippen LogP contribution is -2.31. The van der Waals surface area contributed by atoms with E-state index in [1.165, 1.54) is 0 Å². The molecule has 10 rings (SSSR count). The van der Waals surface area contributed by atoms with E-state index in [0.29, 0.717) is 57.5 Å². The fourth-order valence-corrected chi connectivity index (χ4v) is 9.50. The molecular formula is C86H80O18. The number of ether oxygens (including phenoxy) is 14. The Labute approximate surface area is 605 Å². The molecule has 18 heteroatoms. The molecule has 532 valence electrons. The van der Waals surface area contributed by atoms with Crippen LogP contribution in [-0.2, 0) is 38.1 Å². The normalized spacial score (nSPS) is 11.6. The van der Waals surface area contributed by atoms with Crippen LogP contribution in [0.15, 0.2) is 317 Å². The number of carbonyl (C=O) groups is 4. The molecule has 4 atom stereocenters. The van der Waals surface area contributed by atoms with E-state index < -0.39 is 48.3 Å². The lowest BCUT2D eigenvalue weighted by atomic mass is 10.0. The monoisotopic (exact) mass is 1400 g/mol. The largest absolute Gasteiger partial charge is 0.490 e. The molecule has 4 unspecified atom stereocenters. The van der Waals surface area contributed by atoms with Crippen LogP contribution in [-0.4, -0.2) is 101 Å². The van der Waals surface area contributed by atoms with Gasteiger partial charge in [0.15, 0.2) is 24.4 Å². The first kappa shape index (κ1) is 75.2. The van der Waals surface area contributed by atoms with Gasteiger partial charge in [0.2, 0.25) is 0 Å². The Hall–Kier alpha value is -13.0. The number of hydrogen-bond acceptors (Lipinski definition) is 18. The van der Waals surface area contributed by atoms with E-state index >= 15 is 0 Å². The summed E-state index contributed by atoms with van der Waals surface area (Å²) in [5.41, 5.74) is 3.88. The van der Waals surface area contributed by atoms with E-state index in [1.54, 1.807) is 62.4 Å². The predicted octanol–water partition coefficient (Wildman–Crippen LogP) is 17.3. The summed E-state index contributed by atoms with van der Waals surface area (Å²) in [5.74, 6) is 5.22. The standard InChI is InChI=1S/C50H46O10.C36H34O8/c1-35(2)49(51)59-43(31-53-37-23-27-41(28-24-37)57-39-15-7-5-8-16-39)33-55-47-21-13-11-19-45(47)46-20-12-14-22-48(46)56-34-44(60-50(52)36(3)4)32-54-38-25-29-42(30-26-38)58-40-17-9-6-10-18-40;1-3-35(37)43-33(23-39-29-11-7-5-8-12-29)25-41-31-19-15-27(16-20-31)28-17-21-32(22-18-28)42-26-34(44-36(38)4-2)24-40-30-13-9-6-10-14-30/h5-30,43-44H,1,3,31-34H2,2,4H3;3-22,33-34H,1-2,23-26H2. The zero-order valence-corrected chi connectivity index (χ0v) is 57.7. The molecule has 104 heavy (non-hydrogen) atoms. The summed E-state index contributed by atoms with van der Waals surface area (Å²) in [4.78, 5) is 48.9. The van der Waals surface area contributed by atoms with Crippen molar-refractivity contribution in [3.8, 4) is 91.2 Å². The minimum Gasteiger partial charge on any atom is -0.490 e. The van der Waals surface area contributed by atoms with Gasteiger partial charge in [-0.15, -0.1) is 0 Å². The molecule has 0 fully saturated rings. The molecular weight excluding hydrogens is 1320 g/mol. The van der Waals surface area contributed by atoms with Crippen LogP contribution < -0.4 is 47.4 Å². The molecule has 0 heterocycles. The summed E-state index contributed by atoms with van der Waals surface area (Å²) in [6.45, 7) is 18.0.